The molecule has 1 atom stereocenters. The average Bonchev–Trinajstić information content (AvgIpc) is 3.56. The van der Waals surface area contributed by atoms with Crippen molar-refractivity contribution in [2.75, 3.05) is 60.5 Å². The number of fused-ring (bicyclic) bond motifs is 2. The molecule has 4 aromatic carbocycles. The van der Waals surface area contributed by atoms with E-state index in [1.54, 1.807) is 35.2 Å². The van der Waals surface area contributed by atoms with E-state index in [1.807, 2.05) is 32.0 Å². The molecule has 5 amide bonds. The molecular weight excluding hydrogens is 742 g/mol. The van der Waals surface area contributed by atoms with Crippen LogP contribution in [-0.2, 0) is 19.8 Å². The minimum absolute atomic E-state index is 0.0444. The van der Waals surface area contributed by atoms with Gasteiger partial charge in [-0.15, -0.1) is 0 Å². The van der Waals surface area contributed by atoms with Gasteiger partial charge in [0.05, 0.1) is 38.5 Å². The molecule has 1 unspecified atom stereocenters. The van der Waals surface area contributed by atoms with Gasteiger partial charge in [0.15, 0.2) is 0 Å². The summed E-state index contributed by atoms with van der Waals surface area (Å²) in [6.45, 7) is 10.2. The number of rotatable bonds is 7. The van der Waals surface area contributed by atoms with Crippen molar-refractivity contribution in [1.82, 2.24) is 15.1 Å². The molecule has 3 fully saturated rings. The molecule has 57 heavy (non-hydrogen) atoms. The number of anilines is 4. The fourth-order valence-electron chi connectivity index (χ4n) is 8.88. The van der Waals surface area contributed by atoms with Crippen LogP contribution in [0.15, 0.2) is 78.9 Å². The molecule has 0 radical (unpaired) electrons. The number of imide groups is 2. The number of piperidine rings is 1. The summed E-state index contributed by atoms with van der Waals surface area (Å²) in [7, 11) is 0. The van der Waals surface area contributed by atoms with Gasteiger partial charge in [-0.3, -0.25) is 44.0 Å². The molecule has 0 bridgehead atoms. The van der Waals surface area contributed by atoms with Gasteiger partial charge in [-0.2, -0.15) is 5.26 Å². The number of carbonyl (C=O) groups is 5. The van der Waals surface area contributed by atoms with Crippen LogP contribution in [0.1, 0.15) is 58.5 Å². The number of nitrogens with one attached hydrogen (secondary N) is 1. The minimum atomic E-state index is -0.974. The van der Waals surface area contributed by atoms with Gasteiger partial charge in [0.1, 0.15) is 12.1 Å². The zero-order valence-electron chi connectivity index (χ0n) is 31.6. The smallest absolute Gasteiger partial charge is 0.262 e. The number of halogens is 1. The number of nitriles is 1. The zero-order valence-corrected chi connectivity index (χ0v) is 32.4. The first-order valence-corrected chi connectivity index (χ1v) is 19.7. The highest BCUT2D eigenvalue weighted by Gasteiger charge is 2.46. The highest BCUT2D eigenvalue weighted by molar-refractivity contribution is 6.32. The molecule has 5 heterocycles. The average molecular weight is 782 g/mol. The molecule has 0 saturated carbocycles. The van der Waals surface area contributed by atoms with E-state index in [4.69, 9.17) is 11.6 Å². The van der Waals surface area contributed by atoms with Crippen LogP contribution < -0.4 is 20.0 Å². The predicted octanol–water partition coefficient (Wildman–Crippen LogP) is 5.49. The summed E-state index contributed by atoms with van der Waals surface area (Å²) in [5.74, 6) is -1.47. The molecule has 5 aliphatic heterocycles. The van der Waals surface area contributed by atoms with E-state index in [0.717, 1.165) is 78.8 Å². The quantitative estimate of drug-likeness (QED) is 0.241. The molecule has 0 spiro atoms. The van der Waals surface area contributed by atoms with Gasteiger partial charge in [0, 0.05) is 69.5 Å². The summed E-state index contributed by atoms with van der Waals surface area (Å²) >= 11 is 6.33. The van der Waals surface area contributed by atoms with Gasteiger partial charge in [-0.25, -0.2) is 0 Å². The van der Waals surface area contributed by atoms with Crippen LogP contribution in [0.4, 0.5) is 22.7 Å². The lowest BCUT2D eigenvalue weighted by atomic mass is 9.84. The topological polar surface area (TPSA) is 137 Å². The summed E-state index contributed by atoms with van der Waals surface area (Å²) in [6, 6.07) is 26.2. The normalized spacial score (nSPS) is 20.7. The van der Waals surface area contributed by atoms with Crippen molar-refractivity contribution in [3.63, 3.8) is 0 Å². The van der Waals surface area contributed by atoms with E-state index >= 15 is 0 Å². The molecule has 5 aliphatic rings. The predicted molar refractivity (Wildman–Crippen MR) is 216 cm³/mol. The van der Waals surface area contributed by atoms with Gasteiger partial charge in [0.25, 0.3) is 11.8 Å². The molecule has 9 rings (SSSR count). The fraction of sp³-hybridized carbons (Fsp3) is 0.318. The lowest BCUT2D eigenvalue weighted by Gasteiger charge is -2.45. The van der Waals surface area contributed by atoms with Crippen molar-refractivity contribution in [2.24, 2.45) is 5.92 Å². The van der Waals surface area contributed by atoms with E-state index in [1.165, 1.54) is 5.69 Å². The lowest BCUT2D eigenvalue weighted by molar-refractivity contribution is -0.136. The Balaban J connectivity index is 0.787. The summed E-state index contributed by atoms with van der Waals surface area (Å²) in [5.41, 5.74) is 6.80. The van der Waals surface area contributed by atoms with E-state index in [-0.39, 0.29) is 18.7 Å². The monoisotopic (exact) mass is 781 g/mol. The van der Waals surface area contributed by atoms with Crippen LogP contribution in [0.2, 0.25) is 5.02 Å². The van der Waals surface area contributed by atoms with Gasteiger partial charge in [-0.1, -0.05) is 29.8 Å². The molecule has 288 valence electrons. The molecular formula is C44H40ClN7O5. The highest BCUT2D eigenvalue weighted by atomic mass is 35.5. The highest BCUT2D eigenvalue weighted by Crippen LogP contribution is 2.47. The molecule has 13 heteroatoms. The Labute approximate surface area is 335 Å². The molecule has 1 N–H and O–H groups in total. The second-order valence-electron chi connectivity index (χ2n) is 16.1. The van der Waals surface area contributed by atoms with Crippen LogP contribution in [-0.4, -0.2) is 91.2 Å². The van der Waals surface area contributed by atoms with E-state index in [9.17, 15) is 29.2 Å². The van der Waals surface area contributed by atoms with Crippen molar-refractivity contribution in [3.8, 4) is 17.2 Å². The second-order valence-corrected chi connectivity index (χ2v) is 16.5. The number of benzene rings is 4. The Hall–Kier alpha value is -6.03. The van der Waals surface area contributed by atoms with Crippen LogP contribution in [0.5, 0.6) is 0 Å². The van der Waals surface area contributed by atoms with E-state index < -0.39 is 35.1 Å². The number of carbonyl (C=O) groups excluding carboxylic acids is 5. The number of nitrogens with zero attached hydrogens (tertiary/aromatic N) is 6. The zero-order chi connectivity index (χ0) is 39.7. The molecule has 3 saturated heterocycles. The molecule has 4 aromatic rings. The Kier molecular flexibility index (Phi) is 8.90. The Morgan fingerprint density at radius 1 is 0.772 bits per heavy atom. The lowest BCUT2D eigenvalue weighted by Crippen LogP contribution is -2.55. The number of amides is 5. The van der Waals surface area contributed by atoms with Gasteiger partial charge in [0.2, 0.25) is 17.7 Å². The minimum Gasteiger partial charge on any atom is -0.371 e. The van der Waals surface area contributed by atoms with Crippen molar-refractivity contribution in [1.29, 1.82) is 5.26 Å². The molecule has 0 aliphatic carbocycles. The first-order valence-electron chi connectivity index (χ1n) is 19.3. The molecule has 12 nitrogen and oxygen atoms in total. The number of piperazine rings is 1. The maximum absolute atomic E-state index is 13.7. The molecule has 0 aromatic heterocycles. The third-order valence-corrected chi connectivity index (χ3v) is 12.5. The Bertz CT molecular complexity index is 2430. The van der Waals surface area contributed by atoms with Crippen molar-refractivity contribution < 1.29 is 24.0 Å². The van der Waals surface area contributed by atoms with Gasteiger partial charge >= 0.3 is 0 Å². The standard InChI is InChI=1S/C44H40ClN7O5/c1-44(2)35-19-28(6-12-37(35)51(43(44)57)32-9-5-29(22-46)36(45)21-32)27-3-7-30(8-4-27)50-24-26(25-50)23-48-15-17-49(18-16-48)31-10-11-33-34(20-31)42(56)52(41(33)55)38-13-14-39(53)47-40(38)54/h3-12,19-21,26,38H,13-18,23-25H2,1-2H3,(H,47,53,54). The Morgan fingerprint density at radius 3 is 2.16 bits per heavy atom. The largest absolute Gasteiger partial charge is 0.371 e. The van der Waals surface area contributed by atoms with E-state index in [2.05, 4.69) is 56.4 Å². The Morgan fingerprint density at radius 2 is 1.46 bits per heavy atom. The van der Waals surface area contributed by atoms with Crippen LogP contribution in [0.25, 0.3) is 11.1 Å². The summed E-state index contributed by atoms with van der Waals surface area (Å²) in [4.78, 5) is 74.0. The van der Waals surface area contributed by atoms with Crippen molar-refractivity contribution >= 4 is 63.9 Å². The number of hydrogen-bond donors (Lipinski definition) is 1. The third-order valence-electron chi connectivity index (χ3n) is 12.2. The van der Waals surface area contributed by atoms with E-state index in [0.29, 0.717) is 33.3 Å². The maximum atomic E-state index is 13.7. The second kappa shape index (κ2) is 13.9. The van der Waals surface area contributed by atoms with Crippen LogP contribution in [0, 0.1) is 17.2 Å². The SMILES string of the molecule is CC1(C)C(=O)N(c2ccc(C#N)c(Cl)c2)c2ccc(-c3ccc(N4CC(CN5CCN(c6ccc7c(c6)C(=O)N(C6CCC(=O)NC6=O)C7=O)CC5)C4)cc3)cc21. The van der Waals surface area contributed by atoms with Crippen LogP contribution in [0.3, 0.4) is 0 Å². The summed E-state index contributed by atoms with van der Waals surface area (Å²) in [5, 5.41) is 11.9. The fourth-order valence-corrected chi connectivity index (χ4v) is 9.09. The van der Waals surface area contributed by atoms with Crippen LogP contribution >= 0.6 is 11.6 Å². The first-order chi connectivity index (χ1) is 27.4. The third kappa shape index (κ3) is 6.22. The summed E-state index contributed by atoms with van der Waals surface area (Å²) in [6.07, 6.45) is 0.225. The first kappa shape index (κ1) is 36.6. The number of hydrogen-bond acceptors (Lipinski definition) is 9. The van der Waals surface area contributed by atoms with Crippen molar-refractivity contribution in [2.45, 2.75) is 38.1 Å². The maximum Gasteiger partial charge on any atom is 0.262 e. The van der Waals surface area contributed by atoms with Gasteiger partial charge in [-0.05, 0) is 97.6 Å². The van der Waals surface area contributed by atoms with Gasteiger partial charge < -0.3 is 9.80 Å². The summed E-state index contributed by atoms with van der Waals surface area (Å²) < 4.78 is 0. The van der Waals surface area contributed by atoms with Crippen molar-refractivity contribution in [3.05, 3.63) is 106 Å².